The Balaban J connectivity index is 2.78. The first-order chi connectivity index (χ1) is 8.06. The topological polar surface area (TPSA) is 17.1 Å². The van der Waals surface area contributed by atoms with Gasteiger partial charge in [0.05, 0.1) is 0 Å². The molecule has 0 aliphatic heterocycles. The van der Waals surface area contributed by atoms with Crippen molar-refractivity contribution >= 4 is 21.7 Å². The molecule has 1 nitrogen and oxygen atoms in total. The highest BCUT2D eigenvalue weighted by Crippen LogP contribution is 2.16. The number of ketones is 1. The first kappa shape index (κ1) is 14.1. The number of allylic oxidation sites excluding steroid dienone is 2. The molecule has 0 amide bonds. The van der Waals surface area contributed by atoms with E-state index in [0.29, 0.717) is 10.0 Å². The molecular weight excluding hydrogens is 283 g/mol. The van der Waals surface area contributed by atoms with E-state index in [-0.39, 0.29) is 18.0 Å². The third kappa shape index (κ3) is 4.43. The van der Waals surface area contributed by atoms with Crippen molar-refractivity contribution in [2.45, 2.75) is 33.1 Å². The van der Waals surface area contributed by atoms with Crippen molar-refractivity contribution in [3.8, 4) is 0 Å². The molecule has 1 aromatic rings. The number of hydrogen-bond donors (Lipinski definition) is 0. The molecule has 0 unspecified atom stereocenters. The van der Waals surface area contributed by atoms with Gasteiger partial charge in [0.25, 0.3) is 0 Å². The van der Waals surface area contributed by atoms with Crippen LogP contribution in [0.2, 0.25) is 0 Å². The van der Waals surface area contributed by atoms with E-state index >= 15 is 0 Å². The highest BCUT2D eigenvalue weighted by Gasteiger charge is 2.07. The lowest BCUT2D eigenvalue weighted by Gasteiger charge is -2.03. The first-order valence-electron chi connectivity index (χ1n) is 5.73. The van der Waals surface area contributed by atoms with Crippen molar-refractivity contribution < 1.29 is 9.18 Å². The van der Waals surface area contributed by atoms with E-state index in [1.807, 2.05) is 13.8 Å². The third-order valence-corrected chi connectivity index (χ3v) is 3.15. The smallest absolute Gasteiger partial charge is 0.160 e. The van der Waals surface area contributed by atoms with Crippen LogP contribution in [0.4, 0.5) is 4.39 Å². The molecule has 3 heteroatoms. The van der Waals surface area contributed by atoms with Crippen LogP contribution in [0.1, 0.15) is 32.3 Å². The second kappa shape index (κ2) is 6.70. The third-order valence-electron chi connectivity index (χ3n) is 2.65. The standard InChI is InChI=1S/C14H16BrFO/c1-3-10(4-2)7-13(17)8-11-5-6-12(15)9-14(11)16/h5-7,9H,3-4,8H2,1-2H3. The molecule has 0 fully saturated rings. The average molecular weight is 299 g/mol. The van der Waals surface area contributed by atoms with E-state index in [0.717, 1.165) is 18.4 Å². The van der Waals surface area contributed by atoms with Crippen molar-refractivity contribution in [2.75, 3.05) is 0 Å². The predicted octanol–water partition coefficient (Wildman–Crippen LogP) is 4.45. The summed E-state index contributed by atoms with van der Waals surface area (Å²) < 4.78 is 14.2. The molecule has 0 saturated heterocycles. The summed E-state index contributed by atoms with van der Waals surface area (Å²) in [6.45, 7) is 4.03. The molecule has 0 N–H and O–H groups in total. The Morgan fingerprint density at radius 2 is 2.00 bits per heavy atom. The number of halogens is 2. The fourth-order valence-electron chi connectivity index (χ4n) is 1.59. The summed E-state index contributed by atoms with van der Waals surface area (Å²) in [7, 11) is 0. The van der Waals surface area contributed by atoms with Crippen LogP contribution in [0.5, 0.6) is 0 Å². The number of rotatable bonds is 5. The zero-order chi connectivity index (χ0) is 12.8. The van der Waals surface area contributed by atoms with Crippen LogP contribution in [0.3, 0.4) is 0 Å². The largest absolute Gasteiger partial charge is 0.294 e. The highest BCUT2D eigenvalue weighted by molar-refractivity contribution is 9.10. The monoisotopic (exact) mass is 298 g/mol. The van der Waals surface area contributed by atoms with E-state index in [4.69, 9.17) is 0 Å². The van der Waals surface area contributed by atoms with Gasteiger partial charge in [-0.3, -0.25) is 4.79 Å². The van der Waals surface area contributed by atoms with Gasteiger partial charge in [-0.25, -0.2) is 4.39 Å². The van der Waals surface area contributed by atoms with Gasteiger partial charge in [0, 0.05) is 10.9 Å². The Morgan fingerprint density at radius 3 is 2.53 bits per heavy atom. The van der Waals surface area contributed by atoms with Crippen LogP contribution in [-0.4, -0.2) is 5.78 Å². The van der Waals surface area contributed by atoms with Crippen molar-refractivity contribution in [1.29, 1.82) is 0 Å². The van der Waals surface area contributed by atoms with E-state index in [9.17, 15) is 9.18 Å². The van der Waals surface area contributed by atoms with Gasteiger partial charge in [0.2, 0.25) is 0 Å². The van der Waals surface area contributed by atoms with Crippen LogP contribution in [0.15, 0.2) is 34.3 Å². The Morgan fingerprint density at radius 1 is 1.35 bits per heavy atom. The normalized spacial score (nSPS) is 10.1. The molecule has 0 radical (unpaired) electrons. The van der Waals surface area contributed by atoms with E-state index in [2.05, 4.69) is 15.9 Å². The van der Waals surface area contributed by atoms with Crippen LogP contribution in [0, 0.1) is 5.82 Å². The molecule has 0 saturated carbocycles. The molecule has 0 spiro atoms. The summed E-state index contributed by atoms with van der Waals surface area (Å²) in [5.74, 6) is -0.374. The maximum Gasteiger partial charge on any atom is 0.160 e. The summed E-state index contributed by atoms with van der Waals surface area (Å²) in [5.41, 5.74) is 1.55. The quantitative estimate of drug-likeness (QED) is 0.734. The lowest BCUT2D eigenvalue weighted by atomic mass is 10.0. The van der Waals surface area contributed by atoms with Crippen LogP contribution in [0.25, 0.3) is 0 Å². The molecule has 0 bridgehead atoms. The molecule has 0 aromatic heterocycles. The van der Waals surface area contributed by atoms with Gasteiger partial charge in [-0.1, -0.05) is 41.4 Å². The van der Waals surface area contributed by atoms with Crippen molar-refractivity contribution in [3.05, 3.63) is 45.7 Å². The SMILES string of the molecule is CCC(=CC(=O)Cc1ccc(Br)cc1F)CC. The van der Waals surface area contributed by atoms with Crippen molar-refractivity contribution in [1.82, 2.24) is 0 Å². The minimum Gasteiger partial charge on any atom is -0.294 e. The predicted molar refractivity (Wildman–Crippen MR) is 71.5 cm³/mol. The molecule has 92 valence electrons. The Labute approximate surface area is 110 Å². The number of benzene rings is 1. The molecular formula is C14H16BrFO. The molecule has 0 aliphatic rings. The molecule has 0 atom stereocenters. The van der Waals surface area contributed by atoms with Gasteiger partial charge in [-0.2, -0.15) is 0 Å². The Hall–Kier alpha value is -0.960. The maximum atomic E-state index is 13.5. The second-order valence-electron chi connectivity index (χ2n) is 3.89. The lowest BCUT2D eigenvalue weighted by molar-refractivity contribution is -0.114. The fourth-order valence-corrected chi connectivity index (χ4v) is 1.92. The van der Waals surface area contributed by atoms with E-state index < -0.39 is 0 Å². The van der Waals surface area contributed by atoms with Crippen molar-refractivity contribution in [2.24, 2.45) is 0 Å². The molecule has 0 heterocycles. The minimum atomic E-state index is -0.337. The van der Waals surface area contributed by atoms with E-state index in [1.165, 1.54) is 6.07 Å². The number of carbonyl (C=O) groups is 1. The Kier molecular flexibility index (Phi) is 5.56. The fraction of sp³-hybridized carbons (Fsp3) is 0.357. The summed E-state index contributed by atoms with van der Waals surface area (Å²) in [4.78, 5) is 11.7. The van der Waals surface area contributed by atoms with Gasteiger partial charge in [-0.05, 0) is 36.6 Å². The molecule has 1 aromatic carbocycles. The first-order valence-corrected chi connectivity index (χ1v) is 6.52. The molecule has 0 aliphatic carbocycles. The molecule has 1 rings (SSSR count). The molecule has 17 heavy (non-hydrogen) atoms. The van der Waals surface area contributed by atoms with Gasteiger partial charge in [0.15, 0.2) is 5.78 Å². The van der Waals surface area contributed by atoms with Crippen LogP contribution < -0.4 is 0 Å². The van der Waals surface area contributed by atoms with Gasteiger partial charge in [0.1, 0.15) is 5.82 Å². The Bertz CT molecular complexity index is 432. The summed E-state index contributed by atoms with van der Waals surface area (Å²) in [5, 5.41) is 0. The van der Waals surface area contributed by atoms with Gasteiger partial charge in [-0.15, -0.1) is 0 Å². The zero-order valence-electron chi connectivity index (χ0n) is 10.1. The van der Waals surface area contributed by atoms with Crippen molar-refractivity contribution in [3.63, 3.8) is 0 Å². The van der Waals surface area contributed by atoms with Gasteiger partial charge >= 0.3 is 0 Å². The summed E-state index contributed by atoms with van der Waals surface area (Å²) in [6, 6.07) is 4.77. The highest BCUT2D eigenvalue weighted by atomic mass is 79.9. The lowest BCUT2D eigenvalue weighted by Crippen LogP contribution is -2.02. The minimum absolute atomic E-state index is 0.0371. The second-order valence-corrected chi connectivity index (χ2v) is 4.80. The van der Waals surface area contributed by atoms with E-state index in [1.54, 1.807) is 18.2 Å². The summed E-state index contributed by atoms with van der Waals surface area (Å²) in [6.07, 6.45) is 3.50. The number of carbonyl (C=O) groups excluding carboxylic acids is 1. The van der Waals surface area contributed by atoms with Crippen LogP contribution >= 0.6 is 15.9 Å². The van der Waals surface area contributed by atoms with Gasteiger partial charge < -0.3 is 0 Å². The zero-order valence-corrected chi connectivity index (χ0v) is 11.7. The summed E-state index contributed by atoms with van der Waals surface area (Å²) >= 11 is 3.19. The van der Waals surface area contributed by atoms with Crippen LogP contribution in [-0.2, 0) is 11.2 Å². The number of hydrogen-bond acceptors (Lipinski definition) is 1. The maximum absolute atomic E-state index is 13.5. The average Bonchev–Trinajstić information content (AvgIpc) is 2.29.